The standard InChI is InChI=1S/C14H14N2O3S/c1-2-3-11-12(14(15)17)5-4-10(13(11)16(18)19)9-6-7-20-8-9/h4-8H,2-3H2,1H3,(H2,15,17). The summed E-state index contributed by atoms with van der Waals surface area (Å²) in [5.41, 5.74) is 7.29. The van der Waals surface area contributed by atoms with Gasteiger partial charge < -0.3 is 5.73 Å². The zero-order chi connectivity index (χ0) is 14.7. The van der Waals surface area contributed by atoms with E-state index in [9.17, 15) is 14.9 Å². The van der Waals surface area contributed by atoms with Crippen LogP contribution in [-0.4, -0.2) is 10.8 Å². The highest BCUT2D eigenvalue weighted by Crippen LogP contribution is 2.36. The maximum absolute atomic E-state index is 11.5. The van der Waals surface area contributed by atoms with Crippen molar-refractivity contribution in [2.45, 2.75) is 19.8 Å². The molecule has 6 heteroatoms. The Morgan fingerprint density at radius 1 is 1.40 bits per heavy atom. The van der Waals surface area contributed by atoms with E-state index in [1.165, 1.54) is 11.3 Å². The number of nitrogens with zero attached hydrogens (tertiary/aromatic N) is 1. The molecule has 1 aromatic carbocycles. The lowest BCUT2D eigenvalue weighted by Gasteiger charge is -2.10. The van der Waals surface area contributed by atoms with Crippen LogP contribution in [0.5, 0.6) is 0 Å². The van der Waals surface area contributed by atoms with Gasteiger partial charge in [0.2, 0.25) is 5.91 Å². The summed E-state index contributed by atoms with van der Waals surface area (Å²) < 4.78 is 0. The summed E-state index contributed by atoms with van der Waals surface area (Å²) in [6, 6.07) is 5.00. The summed E-state index contributed by atoms with van der Waals surface area (Å²) in [4.78, 5) is 22.5. The van der Waals surface area contributed by atoms with Crippen molar-refractivity contribution in [3.05, 3.63) is 50.2 Å². The lowest BCUT2D eigenvalue weighted by molar-refractivity contribution is -0.384. The van der Waals surface area contributed by atoms with E-state index in [2.05, 4.69) is 0 Å². The van der Waals surface area contributed by atoms with Crippen molar-refractivity contribution in [3.63, 3.8) is 0 Å². The highest BCUT2D eigenvalue weighted by atomic mass is 32.1. The van der Waals surface area contributed by atoms with Gasteiger partial charge in [0.25, 0.3) is 5.69 Å². The Morgan fingerprint density at radius 2 is 2.15 bits per heavy atom. The number of rotatable bonds is 5. The molecule has 0 spiro atoms. The topological polar surface area (TPSA) is 86.2 Å². The Labute approximate surface area is 120 Å². The lowest BCUT2D eigenvalue weighted by atomic mass is 9.94. The SMILES string of the molecule is CCCc1c(C(N)=O)ccc(-c2ccsc2)c1[N+](=O)[O-]. The number of nitro benzene ring substituents is 1. The van der Waals surface area contributed by atoms with Crippen molar-refractivity contribution in [1.82, 2.24) is 0 Å². The minimum atomic E-state index is -0.631. The fourth-order valence-corrected chi connectivity index (χ4v) is 2.89. The van der Waals surface area contributed by atoms with Crippen LogP contribution in [0, 0.1) is 10.1 Å². The van der Waals surface area contributed by atoms with E-state index in [1.54, 1.807) is 12.1 Å². The first-order valence-electron chi connectivity index (χ1n) is 6.18. The monoisotopic (exact) mass is 290 g/mol. The molecule has 0 unspecified atom stereocenters. The van der Waals surface area contributed by atoms with Crippen LogP contribution in [0.3, 0.4) is 0 Å². The first-order chi connectivity index (χ1) is 9.56. The van der Waals surface area contributed by atoms with Gasteiger partial charge in [0.15, 0.2) is 0 Å². The van der Waals surface area contributed by atoms with Gasteiger partial charge in [-0.25, -0.2) is 0 Å². The predicted molar refractivity (Wildman–Crippen MR) is 78.9 cm³/mol. The van der Waals surface area contributed by atoms with Gasteiger partial charge in [-0.3, -0.25) is 14.9 Å². The number of amides is 1. The normalized spacial score (nSPS) is 10.4. The number of hydrogen-bond acceptors (Lipinski definition) is 4. The minimum Gasteiger partial charge on any atom is -0.366 e. The summed E-state index contributed by atoms with van der Waals surface area (Å²) in [5, 5.41) is 15.2. The second kappa shape index (κ2) is 5.83. The second-order valence-electron chi connectivity index (χ2n) is 4.37. The molecule has 2 rings (SSSR count). The summed E-state index contributed by atoms with van der Waals surface area (Å²) in [6.07, 6.45) is 1.15. The molecule has 0 atom stereocenters. The van der Waals surface area contributed by atoms with E-state index in [0.717, 1.165) is 5.56 Å². The van der Waals surface area contributed by atoms with Crippen LogP contribution in [0.25, 0.3) is 11.1 Å². The number of primary amides is 1. The largest absolute Gasteiger partial charge is 0.366 e. The van der Waals surface area contributed by atoms with Crippen LogP contribution in [-0.2, 0) is 6.42 Å². The highest BCUT2D eigenvalue weighted by molar-refractivity contribution is 7.08. The fraction of sp³-hybridized carbons (Fsp3) is 0.214. The van der Waals surface area contributed by atoms with Crippen molar-refractivity contribution >= 4 is 22.9 Å². The molecule has 0 fully saturated rings. The van der Waals surface area contributed by atoms with Gasteiger partial charge in [0, 0.05) is 11.1 Å². The third-order valence-electron chi connectivity index (χ3n) is 3.06. The van der Waals surface area contributed by atoms with Crippen molar-refractivity contribution in [2.75, 3.05) is 0 Å². The Bertz CT molecular complexity index is 651. The van der Waals surface area contributed by atoms with Gasteiger partial charge in [0.1, 0.15) is 0 Å². The molecule has 0 aliphatic rings. The van der Waals surface area contributed by atoms with Crippen molar-refractivity contribution in [3.8, 4) is 11.1 Å². The summed E-state index contributed by atoms with van der Waals surface area (Å²) in [6.45, 7) is 1.91. The first kappa shape index (κ1) is 14.2. The maximum atomic E-state index is 11.5. The van der Waals surface area contributed by atoms with Gasteiger partial charge in [0.05, 0.1) is 10.5 Å². The molecule has 1 heterocycles. The summed E-state index contributed by atoms with van der Waals surface area (Å²) >= 11 is 1.47. The molecular formula is C14H14N2O3S. The summed E-state index contributed by atoms with van der Waals surface area (Å²) in [5.74, 6) is -0.631. The molecule has 0 bridgehead atoms. The van der Waals surface area contributed by atoms with Gasteiger partial charge in [-0.15, -0.1) is 0 Å². The number of carbonyl (C=O) groups is 1. The molecular weight excluding hydrogens is 276 g/mol. The van der Waals surface area contributed by atoms with Crippen molar-refractivity contribution in [2.24, 2.45) is 5.73 Å². The smallest absolute Gasteiger partial charge is 0.281 e. The molecule has 104 valence electrons. The molecule has 0 radical (unpaired) electrons. The molecule has 5 nitrogen and oxygen atoms in total. The highest BCUT2D eigenvalue weighted by Gasteiger charge is 2.25. The van der Waals surface area contributed by atoms with Crippen LogP contribution in [0.4, 0.5) is 5.69 Å². The van der Waals surface area contributed by atoms with Crippen LogP contribution >= 0.6 is 11.3 Å². The number of benzene rings is 1. The third kappa shape index (κ3) is 2.55. The number of nitro groups is 1. The first-order valence-corrected chi connectivity index (χ1v) is 7.13. The van der Waals surface area contributed by atoms with Gasteiger partial charge in [-0.05, 0) is 40.9 Å². The Kier molecular flexibility index (Phi) is 4.14. The molecule has 20 heavy (non-hydrogen) atoms. The minimum absolute atomic E-state index is 0.0125. The summed E-state index contributed by atoms with van der Waals surface area (Å²) in [7, 11) is 0. The van der Waals surface area contributed by atoms with Gasteiger partial charge in [-0.2, -0.15) is 11.3 Å². The van der Waals surface area contributed by atoms with Crippen LogP contribution in [0.2, 0.25) is 0 Å². The quantitative estimate of drug-likeness (QED) is 0.676. The zero-order valence-electron chi connectivity index (χ0n) is 11.0. The zero-order valence-corrected chi connectivity index (χ0v) is 11.8. The van der Waals surface area contributed by atoms with E-state index in [-0.39, 0.29) is 11.3 Å². The molecule has 2 N–H and O–H groups in total. The molecule has 1 amide bonds. The maximum Gasteiger partial charge on any atom is 0.281 e. The molecule has 0 aliphatic carbocycles. The van der Waals surface area contributed by atoms with E-state index >= 15 is 0 Å². The van der Waals surface area contributed by atoms with Gasteiger partial charge in [-0.1, -0.05) is 13.3 Å². The number of hydrogen-bond donors (Lipinski definition) is 1. The van der Waals surface area contributed by atoms with Crippen LogP contribution < -0.4 is 5.73 Å². The van der Waals surface area contributed by atoms with E-state index in [1.807, 2.05) is 23.8 Å². The van der Waals surface area contributed by atoms with E-state index in [4.69, 9.17) is 5.73 Å². The molecule has 1 aromatic heterocycles. The van der Waals surface area contributed by atoms with Crippen molar-refractivity contribution < 1.29 is 9.72 Å². The average Bonchev–Trinajstić information content (AvgIpc) is 2.91. The molecule has 0 saturated heterocycles. The predicted octanol–water partition coefficient (Wildman–Crippen LogP) is 3.37. The Morgan fingerprint density at radius 3 is 2.65 bits per heavy atom. The van der Waals surface area contributed by atoms with E-state index in [0.29, 0.717) is 24.0 Å². The van der Waals surface area contributed by atoms with Crippen LogP contribution in [0.1, 0.15) is 29.3 Å². The van der Waals surface area contributed by atoms with Crippen molar-refractivity contribution in [1.29, 1.82) is 0 Å². The second-order valence-corrected chi connectivity index (χ2v) is 5.15. The lowest BCUT2D eigenvalue weighted by Crippen LogP contribution is -2.15. The van der Waals surface area contributed by atoms with E-state index < -0.39 is 10.8 Å². The number of thiophene rings is 1. The average molecular weight is 290 g/mol. The molecule has 0 aliphatic heterocycles. The number of carbonyl (C=O) groups excluding carboxylic acids is 1. The fourth-order valence-electron chi connectivity index (χ4n) is 2.23. The third-order valence-corrected chi connectivity index (χ3v) is 3.75. The molecule has 0 saturated carbocycles. The number of nitrogens with two attached hydrogens (primary N) is 1. The Hall–Kier alpha value is -2.21. The van der Waals surface area contributed by atoms with Crippen LogP contribution in [0.15, 0.2) is 29.0 Å². The Balaban J connectivity index is 2.74. The van der Waals surface area contributed by atoms with Gasteiger partial charge >= 0.3 is 0 Å². The molecule has 2 aromatic rings.